The van der Waals surface area contributed by atoms with Crippen molar-refractivity contribution in [3.63, 3.8) is 0 Å². The van der Waals surface area contributed by atoms with E-state index in [4.69, 9.17) is 12.2 Å². The molecule has 0 amide bonds. The molecule has 0 bridgehead atoms. The van der Waals surface area contributed by atoms with Crippen LogP contribution in [0.3, 0.4) is 0 Å². The number of nitrogens with zero attached hydrogens (tertiary/aromatic N) is 4. The summed E-state index contributed by atoms with van der Waals surface area (Å²) < 4.78 is 2.42. The number of aromatic nitrogens is 3. The number of hydrogen-bond donors (Lipinski definition) is 1. The van der Waals surface area contributed by atoms with Crippen LogP contribution in [0.25, 0.3) is 5.57 Å². The van der Waals surface area contributed by atoms with Crippen molar-refractivity contribution in [2.24, 2.45) is 12.0 Å². The lowest BCUT2D eigenvalue weighted by atomic mass is 10.1. The standard InChI is InChI=1S/C13H17N5S/c1-9(2)14-8-18-7-11(6-5-10(18)3)12-15-16-13(19)17(12)4/h5-9H,3H2,1-2,4H3,(H,16,19). The van der Waals surface area contributed by atoms with Crippen LogP contribution in [0.2, 0.25) is 0 Å². The molecule has 0 unspecified atom stereocenters. The number of allylic oxidation sites excluding steroid dienone is 3. The van der Waals surface area contributed by atoms with Crippen LogP contribution in [0.5, 0.6) is 0 Å². The van der Waals surface area contributed by atoms with Gasteiger partial charge in [-0.15, -0.1) is 0 Å². The van der Waals surface area contributed by atoms with Gasteiger partial charge in [-0.1, -0.05) is 6.58 Å². The Balaban J connectivity index is 2.34. The van der Waals surface area contributed by atoms with E-state index in [2.05, 4.69) is 21.8 Å². The van der Waals surface area contributed by atoms with Crippen molar-refractivity contribution in [3.05, 3.63) is 41.2 Å². The van der Waals surface area contributed by atoms with Crippen LogP contribution < -0.4 is 0 Å². The first-order chi connectivity index (χ1) is 8.99. The van der Waals surface area contributed by atoms with E-state index in [1.165, 1.54) is 0 Å². The normalized spacial score (nSPS) is 15.7. The molecule has 0 atom stereocenters. The van der Waals surface area contributed by atoms with Crippen molar-refractivity contribution in [3.8, 4) is 0 Å². The van der Waals surface area contributed by atoms with Gasteiger partial charge in [-0.05, 0) is 38.2 Å². The lowest BCUT2D eigenvalue weighted by molar-refractivity contribution is 0.711. The van der Waals surface area contributed by atoms with Crippen molar-refractivity contribution in [1.29, 1.82) is 0 Å². The van der Waals surface area contributed by atoms with Crippen LogP contribution in [0.1, 0.15) is 19.7 Å². The number of rotatable bonds is 3. The van der Waals surface area contributed by atoms with E-state index in [1.807, 2.05) is 48.7 Å². The summed E-state index contributed by atoms with van der Waals surface area (Å²) in [5.41, 5.74) is 1.82. The Morgan fingerprint density at radius 2 is 2.21 bits per heavy atom. The summed E-state index contributed by atoms with van der Waals surface area (Å²) in [6, 6.07) is 0.247. The molecule has 1 aromatic heterocycles. The summed E-state index contributed by atoms with van der Waals surface area (Å²) >= 11 is 5.12. The van der Waals surface area contributed by atoms with Gasteiger partial charge >= 0.3 is 0 Å². The van der Waals surface area contributed by atoms with Crippen LogP contribution in [-0.4, -0.2) is 32.0 Å². The van der Waals surface area contributed by atoms with E-state index in [-0.39, 0.29) is 6.04 Å². The second kappa shape index (κ2) is 5.36. The van der Waals surface area contributed by atoms with Crippen LogP contribution in [0, 0.1) is 4.77 Å². The third-order valence-corrected chi connectivity index (χ3v) is 3.06. The fourth-order valence-electron chi connectivity index (χ4n) is 1.60. The molecule has 1 N–H and O–H groups in total. The smallest absolute Gasteiger partial charge is 0.195 e. The zero-order valence-electron chi connectivity index (χ0n) is 11.3. The average Bonchev–Trinajstić information content (AvgIpc) is 2.69. The summed E-state index contributed by atoms with van der Waals surface area (Å²) in [6.07, 6.45) is 7.61. The third-order valence-electron chi connectivity index (χ3n) is 2.69. The average molecular weight is 275 g/mol. The maximum atomic E-state index is 5.12. The third kappa shape index (κ3) is 2.90. The van der Waals surface area contributed by atoms with Gasteiger partial charge < -0.3 is 9.47 Å². The van der Waals surface area contributed by atoms with E-state index in [0.29, 0.717) is 4.77 Å². The van der Waals surface area contributed by atoms with Gasteiger partial charge in [0.25, 0.3) is 0 Å². The maximum absolute atomic E-state index is 5.12. The van der Waals surface area contributed by atoms with Gasteiger partial charge in [0.2, 0.25) is 0 Å². The van der Waals surface area contributed by atoms with E-state index in [1.54, 1.807) is 6.34 Å². The van der Waals surface area contributed by atoms with Gasteiger partial charge in [0.15, 0.2) is 10.6 Å². The molecule has 0 aliphatic carbocycles. The predicted octanol–water partition coefficient (Wildman–Crippen LogP) is 2.64. The summed E-state index contributed by atoms with van der Waals surface area (Å²) in [6.45, 7) is 8.03. The first-order valence-electron chi connectivity index (χ1n) is 6.01. The molecule has 1 aliphatic rings. The van der Waals surface area contributed by atoms with Gasteiger partial charge in [-0.3, -0.25) is 10.1 Å². The molecule has 0 aromatic carbocycles. The number of H-pyrrole nitrogens is 1. The Kier molecular flexibility index (Phi) is 3.80. The highest BCUT2D eigenvalue weighted by Gasteiger charge is 2.13. The topological polar surface area (TPSA) is 49.2 Å². The lowest BCUT2D eigenvalue weighted by Gasteiger charge is -2.20. The maximum Gasteiger partial charge on any atom is 0.195 e. The summed E-state index contributed by atoms with van der Waals surface area (Å²) in [4.78, 5) is 6.24. The van der Waals surface area contributed by atoms with Gasteiger partial charge in [0.1, 0.15) is 0 Å². The Bertz CT molecular complexity index is 630. The lowest BCUT2D eigenvalue weighted by Crippen LogP contribution is -2.17. The van der Waals surface area contributed by atoms with Crippen molar-refractivity contribution in [2.75, 3.05) is 0 Å². The van der Waals surface area contributed by atoms with E-state index in [0.717, 1.165) is 17.1 Å². The predicted molar refractivity (Wildman–Crippen MR) is 80.1 cm³/mol. The molecule has 6 heteroatoms. The number of aromatic amines is 1. The Labute approximate surface area is 117 Å². The highest BCUT2D eigenvalue weighted by atomic mass is 32.1. The molecular formula is C13H17N5S. The molecular weight excluding hydrogens is 258 g/mol. The first kappa shape index (κ1) is 13.5. The minimum atomic E-state index is 0.247. The molecule has 1 aromatic rings. The van der Waals surface area contributed by atoms with Crippen LogP contribution in [0.4, 0.5) is 0 Å². The van der Waals surface area contributed by atoms with E-state index in [9.17, 15) is 0 Å². The highest BCUT2D eigenvalue weighted by molar-refractivity contribution is 7.71. The summed E-state index contributed by atoms with van der Waals surface area (Å²) in [7, 11) is 1.88. The van der Waals surface area contributed by atoms with Gasteiger partial charge in [-0.25, -0.2) is 0 Å². The van der Waals surface area contributed by atoms with Gasteiger partial charge in [0, 0.05) is 30.6 Å². The van der Waals surface area contributed by atoms with Crippen molar-refractivity contribution in [1.82, 2.24) is 19.7 Å². The minimum Gasteiger partial charge on any atom is -0.308 e. The Morgan fingerprint density at radius 1 is 1.47 bits per heavy atom. The molecule has 0 saturated heterocycles. The number of nitrogens with one attached hydrogen (secondary N) is 1. The molecule has 1 aliphatic heterocycles. The molecule has 2 heterocycles. The van der Waals surface area contributed by atoms with Crippen LogP contribution in [-0.2, 0) is 7.05 Å². The largest absolute Gasteiger partial charge is 0.308 e. The molecule has 19 heavy (non-hydrogen) atoms. The number of aliphatic imine (C=N–C) groups is 1. The summed E-state index contributed by atoms with van der Waals surface area (Å²) in [5, 5.41) is 7.00. The second-order valence-electron chi connectivity index (χ2n) is 4.59. The molecule has 100 valence electrons. The fraction of sp³-hybridized carbons (Fsp3) is 0.308. The van der Waals surface area contributed by atoms with Crippen molar-refractivity contribution >= 4 is 24.1 Å². The van der Waals surface area contributed by atoms with E-state index < -0.39 is 0 Å². The molecule has 0 saturated carbocycles. The fourth-order valence-corrected chi connectivity index (χ4v) is 1.73. The van der Waals surface area contributed by atoms with Crippen molar-refractivity contribution < 1.29 is 0 Å². The zero-order valence-corrected chi connectivity index (χ0v) is 12.1. The monoisotopic (exact) mass is 275 g/mol. The second-order valence-corrected chi connectivity index (χ2v) is 4.97. The Morgan fingerprint density at radius 3 is 2.79 bits per heavy atom. The van der Waals surface area contributed by atoms with Gasteiger partial charge in [0.05, 0.1) is 6.34 Å². The zero-order chi connectivity index (χ0) is 14.0. The summed E-state index contributed by atoms with van der Waals surface area (Å²) in [5.74, 6) is 0.789. The Hall–Kier alpha value is -1.95. The molecule has 2 rings (SSSR count). The van der Waals surface area contributed by atoms with Crippen molar-refractivity contribution in [2.45, 2.75) is 19.9 Å². The minimum absolute atomic E-state index is 0.247. The molecule has 0 spiro atoms. The molecule has 0 radical (unpaired) electrons. The molecule has 5 nitrogen and oxygen atoms in total. The van der Waals surface area contributed by atoms with E-state index >= 15 is 0 Å². The van der Waals surface area contributed by atoms with Gasteiger partial charge in [-0.2, -0.15) is 5.10 Å². The van der Waals surface area contributed by atoms with Crippen LogP contribution in [0.15, 0.2) is 35.6 Å². The highest BCUT2D eigenvalue weighted by Crippen LogP contribution is 2.21. The first-order valence-corrected chi connectivity index (χ1v) is 6.42. The quantitative estimate of drug-likeness (QED) is 0.524. The molecule has 0 fully saturated rings. The van der Waals surface area contributed by atoms with Crippen LogP contribution >= 0.6 is 12.2 Å². The number of hydrogen-bond acceptors (Lipinski definition) is 3. The SMILES string of the molecule is C=C1C=CC(c2n[nH]c(=S)n2C)=CN1C=NC(C)C.